The van der Waals surface area contributed by atoms with E-state index in [0.717, 1.165) is 24.4 Å². The molecule has 2 rings (SSSR count). The van der Waals surface area contributed by atoms with Crippen molar-refractivity contribution in [2.24, 2.45) is 5.92 Å². The molecule has 0 saturated heterocycles. The average Bonchev–Trinajstić information content (AvgIpc) is 2.22. The zero-order valence-electron chi connectivity index (χ0n) is 10.5. The van der Waals surface area contributed by atoms with Crippen LogP contribution in [0.1, 0.15) is 18.5 Å². The molecule has 1 amide bonds. The van der Waals surface area contributed by atoms with Crippen molar-refractivity contribution in [1.82, 2.24) is 14.9 Å². The van der Waals surface area contributed by atoms with Gasteiger partial charge in [0.05, 0.1) is 0 Å². The Bertz CT molecular complexity index is 413. The predicted octanol–water partition coefficient (Wildman–Crippen LogP) is 1.06. The Kier molecular flexibility index (Phi) is 3.26. The van der Waals surface area contributed by atoms with Crippen LogP contribution in [0.3, 0.4) is 0 Å². The highest BCUT2D eigenvalue weighted by Crippen LogP contribution is 2.30. The minimum Gasteiger partial charge on any atom is -0.367 e. The van der Waals surface area contributed by atoms with Gasteiger partial charge in [-0.05, 0) is 19.8 Å². The largest absolute Gasteiger partial charge is 0.367 e. The molecule has 0 bridgehead atoms. The minimum absolute atomic E-state index is 0.172. The molecule has 0 radical (unpaired) electrons. The molecule has 1 N–H and O–H groups in total. The summed E-state index contributed by atoms with van der Waals surface area (Å²) >= 11 is 0. The van der Waals surface area contributed by atoms with Gasteiger partial charge in [0.15, 0.2) is 0 Å². The van der Waals surface area contributed by atoms with Crippen molar-refractivity contribution in [1.29, 1.82) is 0 Å². The molecule has 5 nitrogen and oxygen atoms in total. The van der Waals surface area contributed by atoms with E-state index in [9.17, 15) is 4.79 Å². The van der Waals surface area contributed by atoms with Crippen molar-refractivity contribution in [2.45, 2.75) is 25.8 Å². The lowest BCUT2D eigenvalue weighted by Gasteiger charge is -2.36. The maximum Gasteiger partial charge on any atom is 0.225 e. The van der Waals surface area contributed by atoms with Crippen molar-refractivity contribution >= 4 is 11.7 Å². The third-order valence-corrected chi connectivity index (χ3v) is 3.08. The van der Waals surface area contributed by atoms with Gasteiger partial charge in [0.25, 0.3) is 0 Å². The molecule has 1 heterocycles. The number of hydrogen-bond acceptors (Lipinski definition) is 4. The zero-order chi connectivity index (χ0) is 12.4. The van der Waals surface area contributed by atoms with Gasteiger partial charge < -0.3 is 10.2 Å². The number of nitrogens with one attached hydrogen (secondary N) is 1. The van der Waals surface area contributed by atoms with E-state index in [-0.39, 0.29) is 11.8 Å². The number of carbonyl (C=O) groups excluding carboxylic acids is 1. The van der Waals surface area contributed by atoms with Crippen LogP contribution in [0, 0.1) is 12.8 Å². The summed E-state index contributed by atoms with van der Waals surface area (Å²) in [6.45, 7) is 1.94. The van der Waals surface area contributed by atoms with Crippen LogP contribution >= 0.6 is 0 Å². The first-order chi connectivity index (χ1) is 8.06. The highest BCUT2D eigenvalue weighted by atomic mass is 16.2. The molecule has 1 saturated carbocycles. The van der Waals surface area contributed by atoms with Crippen molar-refractivity contribution in [2.75, 3.05) is 19.4 Å². The third kappa shape index (κ3) is 2.72. The summed E-state index contributed by atoms with van der Waals surface area (Å²) in [5.41, 5.74) is 0.947. The summed E-state index contributed by atoms with van der Waals surface area (Å²) in [4.78, 5) is 21.5. The Hall–Kier alpha value is -1.65. The van der Waals surface area contributed by atoms with Crippen molar-refractivity contribution < 1.29 is 4.79 Å². The molecule has 1 fully saturated rings. The van der Waals surface area contributed by atoms with Crippen LogP contribution in [0.15, 0.2) is 12.4 Å². The Morgan fingerprint density at radius 2 is 2.12 bits per heavy atom. The van der Waals surface area contributed by atoms with Gasteiger partial charge in [0.1, 0.15) is 12.1 Å². The van der Waals surface area contributed by atoms with E-state index < -0.39 is 0 Å². The first kappa shape index (κ1) is 11.8. The molecule has 92 valence electrons. The maximum atomic E-state index is 11.6. The third-order valence-electron chi connectivity index (χ3n) is 3.08. The SMILES string of the molecule is Cc1cc(NC2CC(C(=O)N(C)C)C2)ncn1. The zero-order valence-corrected chi connectivity index (χ0v) is 10.5. The number of carbonyl (C=O) groups is 1. The Labute approximate surface area is 101 Å². The molecule has 5 heteroatoms. The summed E-state index contributed by atoms with van der Waals surface area (Å²) < 4.78 is 0. The van der Waals surface area contributed by atoms with Gasteiger partial charge in [-0.3, -0.25) is 4.79 Å². The summed E-state index contributed by atoms with van der Waals surface area (Å²) in [6.07, 6.45) is 3.33. The Morgan fingerprint density at radius 3 is 2.71 bits per heavy atom. The normalized spacial score (nSPS) is 22.8. The molecule has 0 spiro atoms. The molecule has 0 aromatic carbocycles. The second kappa shape index (κ2) is 4.69. The smallest absolute Gasteiger partial charge is 0.225 e. The number of anilines is 1. The van der Waals surface area contributed by atoms with E-state index in [1.54, 1.807) is 25.3 Å². The molecule has 17 heavy (non-hydrogen) atoms. The standard InChI is InChI=1S/C12H18N4O/c1-8-4-11(14-7-13-8)15-10-5-9(6-10)12(17)16(2)3/h4,7,9-10H,5-6H2,1-3H3,(H,13,14,15). The summed E-state index contributed by atoms with van der Waals surface area (Å²) in [5, 5.41) is 3.32. The lowest BCUT2D eigenvalue weighted by atomic mass is 9.79. The topological polar surface area (TPSA) is 58.1 Å². The number of aryl methyl sites for hydroxylation is 1. The number of amides is 1. The van der Waals surface area contributed by atoms with Crippen LogP contribution in [-0.2, 0) is 4.79 Å². The molecule has 1 aromatic heterocycles. The monoisotopic (exact) mass is 234 g/mol. The second-order valence-corrected chi connectivity index (χ2v) is 4.79. The van der Waals surface area contributed by atoms with Gasteiger partial charge in [-0.1, -0.05) is 0 Å². The number of hydrogen-bond donors (Lipinski definition) is 1. The summed E-state index contributed by atoms with van der Waals surface area (Å²) in [6, 6.07) is 2.28. The predicted molar refractivity (Wildman–Crippen MR) is 65.6 cm³/mol. The fourth-order valence-corrected chi connectivity index (χ4v) is 2.05. The van der Waals surface area contributed by atoms with Crippen LogP contribution in [0.2, 0.25) is 0 Å². The van der Waals surface area contributed by atoms with E-state index in [0.29, 0.717) is 6.04 Å². The molecule has 0 unspecified atom stereocenters. The lowest BCUT2D eigenvalue weighted by molar-refractivity contribution is -0.135. The highest BCUT2D eigenvalue weighted by Gasteiger charge is 2.35. The van der Waals surface area contributed by atoms with Gasteiger partial charge in [0.2, 0.25) is 5.91 Å². The molecule has 0 aliphatic heterocycles. The van der Waals surface area contributed by atoms with E-state index in [1.807, 2.05) is 13.0 Å². The fraction of sp³-hybridized carbons (Fsp3) is 0.583. The Morgan fingerprint density at radius 1 is 1.41 bits per heavy atom. The maximum absolute atomic E-state index is 11.6. The molecular formula is C12H18N4O. The van der Waals surface area contributed by atoms with Crippen LogP contribution in [0.25, 0.3) is 0 Å². The summed E-state index contributed by atoms with van der Waals surface area (Å²) in [7, 11) is 3.60. The highest BCUT2D eigenvalue weighted by molar-refractivity contribution is 5.79. The minimum atomic E-state index is 0.172. The first-order valence-electron chi connectivity index (χ1n) is 5.82. The van der Waals surface area contributed by atoms with Crippen molar-refractivity contribution in [3.05, 3.63) is 18.1 Å². The molecule has 1 aliphatic rings. The van der Waals surface area contributed by atoms with Crippen molar-refractivity contribution in [3.8, 4) is 0 Å². The second-order valence-electron chi connectivity index (χ2n) is 4.79. The number of rotatable bonds is 3. The number of aromatic nitrogens is 2. The summed E-state index contributed by atoms with van der Waals surface area (Å²) in [5.74, 6) is 1.24. The van der Waals surface area contributed by atoms with Gasteiger partial charge in [0, 0.05) is 37.8 Å². The first-order valence-corrected chi connectivity index (χ1v) is 5.82. The van der Waals surface area contributed by atoms with Gasteiger partial charge in [-0.15, -0.1) is 0 Å². The Balaban J connectivity index is 1.83. The lowest BCUT2D eigenvalue weighted by Crippen LogP contribution is -2.44. The average molecular weight is 234 g/mol. The molecule has 1 aromatic rings. The molecule has 1 aliphatic carbocycles. The fourth-order valence-electron chi connectivity index (χ4n) is 2.05. The van der Waals surface area contributed by atoms with E-state index in [2.05, 4.69) is 15.3 Å². The number of nitrogens with zero attached hydrogens (tertiary/aromatic N) is 3. The van der Waals surface area contributed by atoms with Gasteiger partial charge in [-0.2, -0.15) is 0 Å². The van der Waals surface area contributed by atoms with Crippen LogP contribution in [0.4, 0.5) is 5.82 Å². The molecule has 0 atom stereocenters. The van der Waals surface area contributed by atoms with Crippen molar-refractivity contribution in [3.63, 3.8) is 0 Å². The van der Waals surface area contributed by atoms with Gasteiger partial charge >= 0.3 is 0 Å². The quantitative estimate of drug-likeness (QED) is 0.849. The van der Waals surface area contributed by atoms with Crippen LogP contribution < -0.4 is 5.32 Å². The van der Waals surface area contributed by atoms with Gasteiger partial charge in [-0.25, -0.2) is 9.97 Å². The van der Waals surface area contributed by atoms with E-state index in [4.69, 9.17) is 0 Å². The molecular weight excluding hydrogens is 216 g/mol. The van der Waals surface area contributed by atoms with E-state index in [1.165, 1.54) is 0 Å². The van der Waals surface area contributed by atoms with E-state index >= 15 is 0 Å². The van der Waals surface area contributed by atoms with Crippen LogP contribution in [-0.4, -0.2) is 40.9 Å². The van der Waals surface area contributed by atoms with Crippen LogP contribution in [0.5, 0.6) is 0 Å².